The van der Waals surface area contributed by atoms with E-state index in [-0.39, 0.29) is 6.61 Å². The van der Waals surface area contributed by atoms with Gasteiger partial charge < -0.3 is 10.1 Å². The van der Waals surface area contributed by atoms with Gasteiger partial charge in [-0.15, -0.1) is 11.3 Å². The van der Waals surface area contributed by atoms with E-state index in [1.165, 1.54) is 11.3 Å². The minimum Gasteiger partial charge on any atom is -0.443 e. The van der Waals surface area contributed by atoms with E-state index in [4.69, 9.17) is 16.3 Å². The van der Waals surface area contributed by atoms with Crippen LogP contribution in [0.15, 0.2) is 11.6 Å². The first-order chi connectivity index (χ1) is 7.72. The largest absolute Gasteiger partial charge is 0.443 e. The van der Waals surface area contributed by atoms with Gasteiger partial charge in [0.05, 0.1) is 5.69 Å². The minimum atomic E-state index is -0.455. The molecule has 2 aromatic rings. The zero-order chi connectivity index (χ0) is 11.5. The number of nitrogens with one attached hydrogen (secondary N) is 1. The number of thiazole rings is 1. The van der Waals surface area contributed by atoms with Gasteiger partial charge in [0.25, 0.3) is 0 Å². The Bertz CT molecular complexity index is 508. The molecule has 0 bridgehead atoms. The van der Waals surface area contributed by atoms with Crippen LogP contribution in [0.1, 0.15) is 12.6 Å². The Kier molecular flexibility index (Phi) is 3.31. The molecule has 7 heteroatoms. The predicted molar refractivity (Wildman–Crippen MR) is 61.9 cm³/mol. The predicted octanol–water partition coefficient (Wildman–Crippen LogP) is 2.30. The molecule has 1 N–H and O–H groups in total. The molecule has 0 aromatic carbocycles. The van der Waals surface area contributed by atoms with Crippen molar-refractivity contribution in [2.45, 2.75) is 13.5 Å². The van der Waals surface area contributed by atoms with Crippen molar-refractivity contribution in [3.63, 3.8) is 0 Å². The van der Waals surface area contributed by atoms with Crippen LogP contribution in [0.3, 0.4) is 0 Å². The molecule has 1 amide bonds. The molecule has 2 rings (SSSR count). The summed E-state index contributed by atoms with van der Waals surface area (Å²) in [6.45, 7) is 2.47. The zero-order valence-corrected chi connectivity index (χ0v) is 10.1. The van der Waals surface area contributed by atoms with Crippen molar-refractivity contribution < 1.29 is 9.53 Å². The number of ether oxygens (including phenoxy) is 1. The van der Waals surface area contributed by atoms with Crippen molar-refractivity contribution in [1.82, 2.24) is 14.7 Å². The highest BCUT2D eigenvalue weighted by atomic mass is 35.5. The lowest BCUT2D eigenvalue weighted by atomic mass is 10.5. The molecule has 16 heavy (non-hydrogen) atoms. The first-order valence-electron chi connectivity index (χ1n) is 4.73. The molecule has 0 spiro atoms. The lowest BCUT2D eigenvalue weighted by molar-refractivity contribution is 0.138. The van der Waals surface area contributed by atoms with Gasteiger partial charge in [-0.25, -0.2) is 9.78 Å². The van der Waals surface area contributed by atoms with Gasteiger partial charge in [-0.05, 0) is 6.92 Å². The number of hydrogen-bond donors (Lipinski definition) is 1. The van der Waals surface area contributed by atoms with Crippen molar-refractivity contribution >= 4 is 34.0 Å². The number of hydrogen-bond acceptors (Lipinski definition) is 4. The number of carbonyl (C=O) groups excluding carboxylic acids is 1. The fraction of sp³-hybridized carbons (Fsp3) is 0.333. The number of imidazole rings is 1. The molecule has 0 atom stereocenters. The molecule has 5 nitrogen and oxygen atoms in total. The van der Waals surface area contributed by atoms with Gasteiger partial charge in [-0.3, -0.25) is 4.40 Å². The Hall–Kier alpha value is -1.27. The minimum absolute atomic E-state index is 0.114. The lowest BCUT2D eigenvalue weighted by Crippen LogP contribution is -2.23. The number of fused-ring (bicyclic) bond motifs is 1. The first kappa shape index (κ1) is 11.2. The number of amides is 1. The molecule has 2 heterocycles. The fourth-order valence-corrected chi connectivity index (χ4v) is 2.27. The smallest absolute Gasteiger partial charge is 0.407 e. The zero-order valence-electron chi connectivity index (χ0n) is 8.57. The normalized spacial score (nSPS) is 10.6. The average Bonchev–Trinajstić information content (AvgIpc) is 2.76. The molecule has 86 valence electrons. The molecule has 0 saturated carbocycles. The number of rotatable bonds is 3. The van der Waals surface area contributed by atoms with Gasteiger partial charge in [-0.1, -0.05) is 11.6 Å². The Morgan fingerprint density at radius 2 is 2.56 bits per heavy atom. The van der Waals surface area contributed by atoms with E-state index in [1.54, 1.807) is 0 Å². The van der Waals surface area contributed by atoms with Crippen LogP contribution < -0.4 is 5.32 Å². The van der Waals surface area contributed by atoms with Crippen LogP contribution in [-0.2, 0) is 11.3 Å². The van der Waals surface area contributed by atoms with Crippen molar-refractivity contribution in [3.8, 4) is 0 Å². The topological polar surface area (TPSA) is 55.6 Å². The van der Waals surface area contributed by atoms with Crippen LogP contribution in [0.25, 0.3) is 4.96 Å². The van der Waals surface area contributed by atoms with E-state index in [0.717, 1.165) is 4.96 Å². The van der Waals surface area contributed by atoms with Crippen molar-refractivity contribution in [3.05, 3.63) is 22.4 Å². The second-order valence-corrected chi connectivity index (χ2v) is 4.24. The second-order valence-electron chi connectivity index (χ2n) is 3.01. The quantitative estimate of drug-likeness (QED) is 0.920. The van der Waals surface area contributed by atoms with Gasteiger partial charge in [0, 0.05) is 18.1 Å². The monoisotopic (exact) mass is 259 g/mol. The maximum Gasteiger partial charge on any atom is 0.407 e. The van der Waals surface area contributed by atoms with Crippen molar-refractivity contribution in [1.29, 1.82) is 0 Å². The first-order valence-corrected chi connectivity index (χ1v) is 5.98. The van der Waals surface area contributed by atoms with Gasteiger partial charge in [0.15, 0.2) is 10.1 Å². The number of alkyl carbamates (subject to hydrolysis) is 1. The van der Waals surface area contributed by atoms with E-state index in [1.807, 2.05) is 22.9 Å². The van der Waals surface area contributed by atoms with E-state index in [9.17, 15) is 4.79 Å². The third-order valence-electron chi connectivity index (χ3n) is 1.97. The van der Waals surface area contributed by atoms with E-state index in [2.05, 4.69) is 10.3 Å². The van der Waals surface area contributed by atoms with Crippen LogP contribution in [-0.4, -0.2) is 22.0 Å². The van der Waals surface area contributed by atoms with Gasteiger partial charge in [0.2, 0.25) is 0 Å². The molecular weight excluding hydrogens is 250 g/mol. The Balaban J connectivity index is 2.11. The summed E-state index contributed by atoms with van der Waals surface area (Å²) < 4.78 is 6.81. The summed E-state index contributed by atoms with van der Waals surface area (Å²) in [4.78, 5) is 16.0. The van der Waals surface area contributed by atoms with Crippen molar-refractivity contribution in [2.24, 2.45) is 0 Å². The molecular formula is C9H10ClN3O2S. The number of halogens is 1. The number of carbonyl (C=O) groups is 1. The molecule has 2 aromatic heterocycles. The summed E-state index contributed by atoms with van der Waals surface area (Å²) in [6.07, 6.45) is 1.39. The summed E-state index contributed by atoms with van der Waals surface area (Å²) in [5.74, 6) is 0. The van der Waals surface area contributed by atoms with E-state index < -0.39 is 6.09 Å². The average molecular weight is 260 g/mol. The molecule has 0 radical (unpaired) electrons. The maximum atomic E-state index is 11.1. The molecule has 0 fully saturated rings. The Labute approximate surface area is 101 Å². The highest BCUT2D eigenvalue weighted by molar-refractivity contribution is 7.15. The molecule has 0 aliphatic rings. The van der Waals surface area contributed by atoms with Crippen LogP contribution in [0.4, 0.5) is 4.79 Å². The summed E-state index contributed by atoms with van der Waals surface area (Å²) in [7, 11) is 0. The SMILES string of the molecule is CCNC(=O)OCc1c(Cl)nc2sccn12. The van der Waals surface area contributed by atoms with Crippen LogP contribution >= 0.6 is 22.9 Å². The van der Waals surface area contributed by atoms with Gasteiger partial charge in [-0.2, -0.15) is 0 Å². The maximum absolute atomic E-state index is 11.1. The molecule has 0 aliphatic heterocycles. The standard InChI is InChI=1S/C9H10ClN3O2S/c1-2-11-9(14)15-5-6-7(10)12-8-13(6)3-4-16-8/h3-4H,2,5H2,1H3,(H,11,14). The third kappa shape index (κ3) is 2.12. The molecule has 0 saturated heterocycles. The third-order valence-corrected chi connectivity index (χ3v) is 3.03. The van der Waals surface area contributed by atoms with Gasteiger partial charge in [0.1, 0.15) is 6.61 Å². The van der Waals surface area contributed by atoms with E-state index in [0.29, 0.717) is 17.4 Å². The second kappa shape index (κ2) is 4.71. The Morgan fingerprint density at radius 1 is 1.75 bits per heavy atom. The summed E-state index contributed by atoms with van der Waals surface area (Å²) in [5.41, 5.74) is 0.684. The summed E-state index contributed by atoms with van der Waals surface area (Å²) in [5, 5.41) is 4.81. The van der Waals surface area contributed by atoms with Crippen LogP contribution in [0, 0.1) is 0 Å². The highest BCUT2D eigenvalue weighted by Gasteiger charge is 2.12. The van der Waals surface area contributed by atoms with Crippen LogP contribution in [0.5, 0.6) is 0 Å². The number of aromatic nitrogens is 2. The van der Waals surface area contributed by atoms with E-state index >= 15 is 0 Å². The van der Waals surface area contributed by atoms with Gasteiger partial charge >= 0.3 is 6.09 Å². The molecule has 0 aliphatic carbocycles. The van der Waals surface area contributed by atoms with Crippen LogP contribution in [0.2, 0.25) is 5.15 Å². The van der Waals surface area contributed by atoms with Crippen molar-refractivity contribution in [2.75, 3.05) is 6.54 Å². The Morgan fingerprint density at radius 3 is 3.31 bits per heavy atom. The summed E-state index contributed by atoms with van der Waals surface area (Å²) >= 11 is 7.41. The summed E-state index contributed by atoms with van der Waals surface area (Å²) in [6, 6.07) is 0. The highest BCUT2D eigenvalue weighted by Crippen LogP contribution is 2.21. The lowest BCUT2D eigenvalue weighted by Gasteiger charge is -2.04. The molecule has 0 unspecified atom stereocenters. The fourth-order valence-electron chi connectivity index (χ4n) is 1.26. The number of nitrogens with zero attached hydrogens (tertiary/aromatic N) is 2.